The van der Waals surface area contributed by atoms with Crippen LogP contribution in [-0.2, 0) is 17.9 Å². The topological polar surface area (TPSA) is 77.0 Å². The predicted molar refractivity (Wildman–Crippen MR) is 59.0 cm³/mol. The lowest BCUT2D eigenvalue weighted by Gasteiger charge is -2.17. The first kappa shape index (κ1) is 12.2. The number of carbonyl (C=O) groups is 1. The van der Waals surface area contributed by atoms with E-state index in [9.17, 15) is 4.79 Å². The molecule has 6 heteroatoms. The summed E-state index contributed by atoms with van der Waals surface area (Å²) in [7, 11) is 0. The molecule has 0 atom stereocenters. The van der Waals surface area contributed by atoms with Crippen molar-refractivity contribution in [3.63, 3.8) is 0 Å². The van der Waals surface area contributed by atoms with Crippen LogP contribution in [0.25, 0.3) is 0 Å². The molecule has 0 aromatic carbocycles. The molecule has 0 radical (unpaired) electrons. The second kappa shape index (κ2) is 5.88. The second-order valence-corrected chi connectivity index (χ2v) is 3.22. The fourth-order valence-electron chi connectivity index (χ4n) is 1.23. The number of likely N-dealkylation sites (N-methyl/N-ethyl adjacent to an activating group) is 1. The molecule has 0 bridgehead atoms. The van der Waals surface area contributed by atoms with Gasteiger partial charge in [-0.15, -0.1) is 11.5 Å². The lowest BCUT2D eigenvalue weighted by atomic mass is 10.4. The van der Waals surface area contributed by atoms with Gasteiger partial charge < -0.3 is 10.6 Å². The van der Waals surface area contributed by atoms with E-state index in [4.69, 9.17) is 12.2 Å². The quantitative estimate of drug-likeness (QED) is 0.662. The Morgan fingerprint density at radius 3 is 3.00 bits per heavy atom. The summed E-state index contributed by atoms with van der Waals surface area (Å²) in [4.78, 5) is 13.3. The number of nitrogens with two attached hydrogens (primary N) is 1. The highest BCUT2D eigenvalue weighted by Gasteiger charge is 2.11. The van der Waals surface area contributed by atoms with E-state index in [1.165, 1.54) is 4.68 Å². The molecule has 0 aliphatic heterocycles. The number of terminal acetylenes is 1. The minimum Gasteiger partial charge on any atom is -0.330 e. The van der Waals surface area contributed by atoms with E-state index in [1.54, 1.807) is 11.1 Å². The molecule has 86 valence electrons. The van der Waals surface area contributed by atoms with Crippen molar-refractivity contribution in [1.29, 1.82) is 0 Å². The maximum atomic E-state index is 11.7. The fraction of sp³-hybridized carbons (Fsp3) is 0.500. The van der Waals surface area contributed by atoms with Gasteiger partial charge in [-0.25, -0.2) is 4.68 Å². The first-order valence-corrected chi connectivity index (χ1v) is 5.01. The predicted octanol–water partition coefficient (Wildman–Crippen LogP) is -0.781. The van der Waals surface area contributed by atoms with Gasteiger partial charge in [-0.3, -0.25) is 4.79 Å². The number of nitrogens with zero attached hydrogens (tertiary/aromatic N) is 4. The molecule has 0 aliphatic rings. The summed E-state index contributed by atoms with van der Waals surface area (Å²) in [6.07, 6.45) is 6.82. The third-order valence-corrected chi connectivity index (χ3v) is 2.11. The van der Waals surface area contributed by atoms with Crippen molar-refractivity contribution in [3.05, 3.63) is 11.9 Å². The number of hydrogen-bond donors (Lipinski definition) is 1. The number of aromatic nitrogens is 3. The lowest BCUT2D eigenvalue weighted by Crippen LogP contribution is -2.34. The van der Waals surface area contributed by atoms with Crippen LogP contribution in [0, 0.1) is 12.3 Å². The molecule has 0 aliphatic carbocycles. The minimum absolute atomic E-state index is 0.0751. The number of hydrogen-bond acceptors (Lipinski definition) is 4. The van der Waals surface area contributed by atoms with Crippen LogP contribution in [0.2, 0.25) is 0 Å². The van der Waals surface area contributed by atoms with Crippen LogP contribution in [0.15, 0.2) is 6.20 Å². The van der Waals surface area contributed by atoms with Gasteiger partial charge in [-0.05, 0) is 6.92 Å². The Balaban J connectivity index is 2.59. The Labute approximate surface area is 94.4 Å². The maximum Gasteiger partial charge on any atom is 0.245 e. The molecule has 0 saturated heterocycles. The first-order chi connectivity index (χ1) is 7.71. The average Bonchev–Trinajstić information content (AvgIpc) is 2.73. The third-order valence-electron chi connectivity index (χ3n) is 2.11. The van der Waals surface area contributed by atoms with Gasteiger partial charge in [-0.2, -0.15) is 0 Å². The highest BCUT2D eigenvalue weighted by atomic mass is 16.2. The van der Waals surface area contributed by atoms with Gasteiger partial charge in [0.2, 0.25) is 5.91 Å². The molecule has 2 N–H and O–H groups in total. The zero-order chi connectivity index (χ0) is 12.0. The standard InChI is InChI=1S/C10H15N5O/c1-3-5-14(4-2)10(16)8-15-7-9(6-11)12-13-15/h1,7H,4-6,8,11H2,2H3. The first-order valence-electron chi connectivity index (χ1n) is 5.01. The summed E-state index contributed by atoms with van der Waals surface area (Å²) >= 11 is 0. The zero-order valence-electron chi connectivity index (χ0n) is 9.26. The second-order valence-electron chi connectivity index (χ2n) is 3.22. The highest BCUT2D eigenvalue weighted by molar-refractivity contribution is 5.76. The summed E-state index contributed by atoms with van der Waals surface area (Å²) < 4.78 is 1.46. The Morgan fingerprint density at radius 1 is 1.75 bits per heavy atom. The molecule has 1 amide bonds. The van der Waals surface area contributed by atoms with Crippen molar-refractivity contribution in [2.75, 3.05) is 13.1 Å². The molecule has 0 fully saturated rings. The molecule has 0 spiro atoms. The van der Waals surface area contributed by atoms with Gasteiger partial charge in [0.25, 0.3) is 0 Å². The van der Waals surface area contributed by atoms with E-state index in [-0.39, 0.29) is 12.5 Å². The molecule has 1 heterocycles. The van der Waals surface area contributed by atoms with Crippen molar-refractivity contribution in [3.8, 4) is 12.3 Å². The van der Waals surface area contributed by atoms with E-state index >= 15 is 0 Å². The number of amides is 1. The SMILES string of the molecule is C#CCN(CC)C(=O)Cn1cc(CN)nn1. The van der Waals surface area contributed by atoms with E-state index in [0.717, 1.165) is 0 Å². The normalized spacial score (nSPS) is 9.81. The van der Waals surface area contributed by atoms with E-state index in [1.807, 2.05) is 6.92 Å². The molecule has 1 rings (SSSR count). The largest absolute Gasteiger partial charge is 0.330 e. The lowest BCUT2D eigenvalue weighted by molar-refractivity contribution is -0.131. The van der Waals surface area contributed by atoms with E-state index in [2.05, 4.69) is 16.2 Å². The zero-order valence-corrected chi connectivity index (χ0v) is 9.26. The monoisotopic (exact) mass is 221 g/mol. The van der Waals surface area contributed by atoms with Crippen molar-refractivity contribution in [2.24, 2.45) is 5.73 Å². The van der Waals surface area contributed by atoms with Crippen LogP contribution in [0.1, 0.15) is 12.6 Å². The smallest absolute Gasteiger partial charge is 0.245 e. The van der Waals surface area contributed by atoms with Gasteiger partial charge in [0.05, 0.1) is 18.4 Å². The highest BCUT2D eigenvalue weighted by Crippen LogP contribution is 1.95. The van der Waals surface area contributed by atoms with Crippen LogP contribution in [0.5, 0.6) is 0 Å². The van der Waals surface area contributed by atoms with Crippen LogP contribution in [0.3, 0.4) is 0 Å². The Kier molecular flexibility index (Phi) is 4.48. The summed E-state index contributed by atoms with van der Waals surface area (Å²) in [5.41, 5.74) is 6.05. The van der Waals surface area contributed by atoms with Gasteiger partial charge in [0.1, 0.15) is 6.54 Å². The Morgan fingerprint density at radius 2 is 2.50 bits per heavy atom. The van der Waals surface area contributed by atoms with Crippen molar-refractivity contribution < 1.29 is 4.79 Å². The van der Waals surface area contributed by atoms with Crippen LogP contribution >= 0.6 is 0 Å². The van der Waals surface area contributed by atoms with Gasteiger partial charge >= 0.3 is 0 Å². The van der Waals surface area contributed by atoms with E-state index < -0.39 is 0 Å². The van der Waals surface area contributed by atoms with Crippen LogP contribution in [0.4, 0.5) is 0 Å². The van der Waals surface area contributed by atoms with Crippen LogP contribution < -0.4 is 5.73 Å². The van der Waals surface area contributed by atoms with Gasteiger partial charge in [-0.1, -0.05) is 11.1 Å². The molecular formula is C10H15N5O. The number of carbonyl (C=O) groups excluding carboxylic acids is 1. The maximum absolute atomic E-state index is 11.7. The molecule has 1 aromatic heterocycles. The van der Waals surface area contributed by atoms with Crippen molar-refractivity contribution >= 4 is 5.91 Å². The summed E-state index contributed by atoms with van der Waals surface area (Å²) in [6.45, 7) is 3.23. The summed E-state index contributed by atoms with van der Waals surface area (Å²) in [5, 5.41) is 7.59. The molecule has 6 nitrogen and oxygen atoms in total. The van der Waals surface area contributed by atoms with E-state index in [0.29, 0.717) is 25.3 Å². The molecule has 0 saturated carbocycles. The average molecular weight is 221 g/mol. The van der Waals surface area contributed by atoms with Crippen molar-refractivity contribution in [1.82, 2.24) is 19.9 Å². The summed E-state index contributed by atoms with van der Waals surface area (Å²) in [6, 6.07) is 0. The molecule has 0 unspecified atom stereocenters. The molecular weight excluding hydrogens is 206 g/mol. The van der Waals surface area contributed by atoms with Crippen LogP contribution in [-0.4, -0.2) is 38.9 Å². The number of rotatable bonds is 5. The van der Waals surface area contributed by atoms with Gasteiger partial charge in [0, 0.05) is 13.1 Å². The Hall–Kier alpha value is -1.87. The minimum atomic E-state index is -0.0751. The van der Waals surface area contributed by atoms with Gasteiger partial charge in [0.15, 0.2) is 0 Å². The third kappa shape index (κ3) is 3.07. The fourth-order valence-corrected chi connectivity index (χ4v) is 1.23. The molecule has 1 aromatic rings. The molecule has 16 heavy (non-hydrogen) atoms. The van der Waals surface area contributed by atoms with Crippen molar-refractivity contribution in [2.45, 2.75) is 20.0 Å². The summed E-state index contributed by atoms with van der Waals surface area (Å²) in [5.74, 6) is 2.37. The Bertz CT molecular complexity index is 392.